The Morgan fingerprint density at radius 3 is 2.55 bits per heavy atom. The Morgan fingerprint density at radius 2 is 1.91 bits per heavy atom. The highest BCUT2D eigenvalue weighted by molar-refractivity contribution is 5.21. The summed E-state index contributed by atoms with van der Waals surface area (Å²) < 4.78 is 10.1. The van der Waals surface area contributed by atoms with Crippen LogP contribution in [0.1, 0.15) is 0 Å². The number of ether oxygens (including phenoxy) is 2. The maximum Gasteiger partial charge on any atom is 0.176 e. The van der Waals surface area contributed by atoms with Gasteiger partial charge in [0.25, 0.3) is 0 Å². The van der Waals surface area contributed by atoms with Crippen molar-refractivity contribution >= 4 is 0 Å². The van der Waals surface area contributed by atoms with E-state index in [1.54, 1.807) is 6.26 Å². The molecular weight excluding hydrogens is 140 g/mol. The van der Waals surface area contributed by atoms with Gasteiger partial charge in [-0.1, -0.05) is 18.2 Å². The lowest BCUT2D eigenvalue weighted by Crippen LogP contribution is -1.94. The predicted octanol–water partition coefficient (Wildman–Crippen LogP) is 1.94. The average Bonchev–Trinajstić information content (AvgIpc) is 2.86. The van der Waals surface area contributed by atoms with Gasteiger partial charge >= 0.3 is 0 Å². The Kier molecular flexibility index (Phi) is 1.52. The van der Waals surface area contributed by atoms with Gasteiger partial charge in [0, 0.05) is 0 Å². The highest BCUT2D eigenvalue weighted by atomic mass is 16.6. The van der Waals surface area contributed by atoms with E-state index < -0.39 is 0 Å². The minimum absolute atomic E-state index is 0.546. The van der Waals surface area contributed by atoms with Crippen molar-refractivity contribution < 1.29 is 9.47 Å². The topological polar surface area (TPSA) is 21.8 Å². The normalized spacial score (nSPS) is 13.3. The van der Waals surface area contributed by atoms with Crippen LogP contribution in [0.15, 0.2) is 42.4 Å². The van der Waals surface area contributed by atoms with Crippen molar-refractivity contribution in [3.63, 3.8) is 0 Å². The van der Waals surface area contributed by atoms with Crippen molar-refractivity contribution in [1.29, 1.82) is 0 Å². The molecule has 2 heteroatoms. The largest absolute Gasteiger partial charge is 0.486 e. The maximum atomic E-state index is 5.34. The number of rotatable bonds is 3. The molecule has 0 unspecified atom stereocenters. The molecule has 1 aliphatic rings. The van der Waals surface area contributed by atoms with Gasteiger partial charge in [-0.15, -0.1) is 0 Å². The Morgan fingerprint density at radius 1 is 1.18 bits per heavy atom. The molecular formula is C9H8O2. The van der Waals surface area contributed by atoms with E-state index in [0.29, 0.717) is 6.61 Å². The van der Waals surface area contributed by atoms with Gasteiger partial charge in [0.15, 0.2) is 5.76 Å². The van der Waals surface area contributed by atoms with Crippen molar-refractivity contribution in [2.45, 2.75) is 0 Å². The Balaban J connectivity index is 1.90. The van der Waals surface area contributed by atoms with Gasteiger partial charge in [0.05, 0.1) is 0 Å². The molecule has 1 aliphatic heterocycles. The SMILES string of the molecule is C1=C(COc2ccccc2)O1. The summed E-state index contributed by atoms with van der Waals surface area (Å²) in [6, 6.07) is 9.68. The van der Waals surface area contributed by atoms with E-state index in [1.807, 2.05) is 30.3 Å². The van der Waals surface area contributed by atoms with Gasteiger partial charge in [-0.3, -0.25) is 0 Å². The predicted molar refractivity (Wildman–Crippen MR) is 41.1 cm³/mol. The third kappa shape index (κ3) is 1.74. The van der Waals surface area contributed by atoms with Gasteiger partial charge < -0.3 is 9.47 Å². The minimum Gasteiger partial charge on any atom is -0.486 e. The number of benzene rings is 1. The van der Waals surface area contributed by atoms with Crippen LogP contribution < -0.4 is 4.74 Å². The van der Waals surface area contributed by atoms with E-state index in [4.69, 9.17) is 9.47 Å². The van der Waals surface area contributed by atoms with E-state index in [9.17, 15) is 0 Å². The lowest BCUT2D eigenvalue weighted by molar-refractivity contribution is 0.316. The standard InChI is InChI=1S/C9H8O2/c1-2-4-8(5-3-1)10-6-9-7-11-9/h1-5,7H,6H2. The molecule has 1 aromatic rings. The molecule has 11 heavy (non-hydrogen) atoms. The molecule has 0 N–H and O–H groups in total. The van der Waals surface area contributed by atoms with Crippen LogP contribution in [-0.4, -0.2) is 6.61 Å². The van der Waals surface area contributed by atoms with Gasteiger partial charge in [-0.05, 0) is 12.1 Å². The Labute approximate surface area is 65.1 Å². The second-order valence-corrected chi connectivity index (χ2v) is 2.30. The zero-order chi connectivity index (χ0) is 7.52. The summed E-state index contributed by atoms with van der Waals surface area (Å²) in [5, 5.41) is 0. The number of para-hydroxylation sites is 1. The van der Waals surface area contributed by atoms with Crippen LogP contribution in [0.5, 0.6) is 5.75 Å². The number of hydrogen-bond acceptors (Lipinski definition) is 2. The quantitative estimate of drug-likeness (QED) is 0.653. The molecule has 0 amide bonds. The van der Waals surface area contributed by atoms with Crippen molar-refractivity contribution in [2.24, 2.45) is 0 Å². The van der Waals surface area contributed by atoms with E-state index in [1.165, 1.54) is 0 Å². The van der Waals surface area contributed by atoms with Gasteiger partial charge in [0.1, 0.15) is 18.6 Å². The molecule has 2 rings (SSSR count). The first-order valence-corrected chi connectivity index (χ1v) is 3.49. The summed E-state index contributed by atoms with van der Waals surface area (Å²) in [4.78, 5) is 0. The fourth-order valence-electron chi connectivity index (χ4n) is 0.781. The molecule has 1 aromatic carbocycles. The van der Waals surface area contributed by atoms with E-state index in [-0.39, 0.29) is 0 Å². The molecule has 0 saturated heterocycles. The minimum atomic E-state index is 0.546. The highest BCUT2D eigenvalue weighted by Gasteiger charge is 2.09. The third-order valence-electron chi connectivity index (χ3n) is 1.41. The molecule has 0 aliphatic carbocycles. The summed E-state index contributed by atoms with van der Waals surface area (Å²) >= 11 is 0. The van der Waals surface area contributed by atoms with Gasteiger partial charge in [0.2, 0.25) is 0 Å². The number of hydrogen-bond donors (Lipinski definition) is 0. The molecule has 0 spiro atoms. The van der Waals surface area contributed by atoms with E-state index >= 15 is 0 Å². The lowest BCUT2D eigenvalue weighted by atomic mass is 10.3. The lowest BCUT2D eigenvalue weighted by Gasteiger charge is -2.00. The third-order valence-corrected chi connectivity index (χ3v) is 1.41. The van der Waals surface area contributed by atoms with E-state index in [0.717, 1.165) is 11.5 Å². The average molecular weight is 148 g/mol. The first-order valence-electron chi connectivity index (χ1n) is 3.49. The molecule has 2 nitrogen and oxygen atoms in total. The van der Waals surface area contributed by atoms with Gasteiger partial charge in [-0.25, -0.2) is 0 Å². The fourth-order valence-corrected chi connectivity index (χ4v) is 0.781. The first-order chi connectivity index (χ1) is 5.45. The molecule has 0 radical (unpaired) electrons. The summed E-state index contributed by atoms with van der Waals surface area (Å²) in [6.07, 6.45) is 1.68. The molecule has 0 saturated carbocycles. The molecule has 0 atom stereocenters. The van der Waals surface area contributed by atoms with Crippen molar-refractivity contribution in [3.05, 3.63) is 42.4 Å². The maximum absolute atomic E-state index is 5.34. The zero-order valence-corrected chi connectivity index (χ0v) is 5.99. The Bertz CT molecular complexity index is 264. The first kappa shape index (κ1) is 6.28. The van der Waals surface area contributed by atoms with Crippen LogP contribution >= 0.6 is 0 Å². The molecule has 1 heterocycles. The summed E-state index contributed by atoms with van der Waals surface area (Å²) in [5.74, 6) is 1.79. The van der Waals surface area contributed by atoms with Crippen molar-refractivity contribution in [1.82, 2.24) is 0 Å². The summed E-state index contributed by atoms with van der Waals surface area (Å²) in [6.45, 7) is 0.546. The van der Waals surface area contributed by atoms with Crippen LogP contribution in [-0.2, 0) is 4.74 Å². The Hall–Kier alpha value is -1.44. The highest BCUT2D eigenvalue weighted by Crippen LogP contribution is 2.15. The zero-order valence-electron chi connectivity index (χ0n) is 5.99. The van der Waals surface area contributed by atoms with Crippen LogP contribution in [0.2, 0.25) is 0 Å². The van der Waals surface area contributed by atoms with Crippen LogP contribution in [0.4, 0.5) is 0 Å². The van der Waals surface area contributed by atoms with Gasteiger partial charge in [-0.2, -0.15) is 0 Å². The molecule has 0 bridgehead atoms. The summed E-state index contributed by atoms with van der Waals surface area (Å²) in [7, 11) is 0. The second kappa shape index (κ2) is 2.66. The van der Waals surface area contributed by atoms with Crippen LogP contribution in [0.3, 0.4) is 0 Å². The van der Waals surface area contributed by atoms with E-state index in [2.05, 4.69) is 0 Å². The molecule has 0 fully saturated rings. The second-order valence-electron chi connectivity index (χ2n) is 2.30. The fraction of sp³-hybridized carbons (Fsp3) is 0.111. The smallest absolute Gasteiger partial charge is 0.176 e. The van der Waals surface area contributed by atoms with Crippen molar-refractivity contribution in [3.8, 4) is 5.75 Å². The van der Waals surface area contributed by atoms with Crippen LogP contribution in [0.25, 0.3) is 0 Å². The molecule has 0 aromatic heterocycles. The summed E-state index contributed by atoms with van der Waals surface area (Å²) in [5.41, 5.74) is 0. The van der Waals surface area contributed by atoms with Crippen LogP contribution in [0, 0.1) is 0 Å². The van der Waals surface area contributed by atoms with Crippen molar-refractivity contribution in [2.75, 3.05) is 6.61 Å². The monoisotopic (exact) mass is 148 g/mol. The molecule has 56 valence electrons.